The molecule has 2 heterocycles. The smallest absolute Gasteiger partial charge is 0.339 e. The van der Waals surface area contributed by atoms with Crippen LogP contribution in [0.3, 0.4) is 0 Å². The maximum absolute atomic E-state index is 12.4. The Hall–Kier alpha value is -2.83. The van der Waals surface area contributed by atoms with Gasteiger partial charge >= 0.3 is 5.97 Å². The fraction of sp³-hybridized carbons (Fsp3) is 0.353. The molecule has 0 aromatic carbocycles. The first-order chi connectivity index (χ1) is 11.3. The first-order valence-corrected chi connectivity index (χ1v) is 7.42. The second-order valence-electron chi connectivity index (χ2n) is 5.53. The monoisotopic (exact) mass is 332 g/mol. The number of hydrogen-bond acceptors (Lipinski definition) is 5. The van der Waals surface area contributed by atoms with Crippen molar-refractivity contribution in [2.24, 2.45) is 0 Å². The fourth-order valence-corrected chi connectivity index (χ4v) is 2.53. The molecular weight excluding hydrogens is 312 g/mol. The number of hydrogen-bond donors (Lipinski definition) is 1. The van der Waals surface area contributed by atoms with Gasteiger partial charge in [-0.25, -0.2) is 4.79 Å². The van der Waals surface area contributed by atoms with Crippen LogP contribution < -0.4 is 0 Å². The van der Waals surface area contributed by atoms with E-state index in [-0.39, 0.29) is 23.7 Å². The lowest BCUT2D eigenvalue weighted by molar-refractivity contribution is -0.130. The highest BCUT2D eigenvalue weighted by molar-refractivity contribution is 6.01. The number of esters is 1. The summed E-state index contributed by atoms with van der Waals surface area (Å²) in [6.07, 6.45) is 1.49. The molecule has 0 unspecified atom stereocenters. The average molecular weight is 332 g/mol. The van der Waals surface area contributed by atoms with Gasteiger partial charge in [0.1, 0.15) is 5.76 Å². The Bertz CT molecular complexity index is 758. The van der Waals surface area contributed by atoms with Gasteiger partial charge in [0.05, 0.1) is 37.6 Å². The molecule has 0 aliphatic rings. The topological polar surface area (TPSA) is 92.6 Å². The molecule has 0 bridgehead atoms. The number of carbonyl (C=O) groups excluding carboxylic acids is 3. The van der Waals surface area contributed by atoms with Crippen LogP contribution in [0.4, 0.5) is 0 Å². The van der Waals surface area contributed by atoms with Crippen molar-refractivity contribution in [2.75, 3.05) is 14.2 Å². The van der Waals surface area contributed by atoms with Gasteiger partial charge in [-0.05, 0) is 24.6 Å². The highest BCUT2D eigenvalue weighted by Gasteiger charge is 2.25. The molecule has 0 fully saturated rings. The number of methoxy groups -OCH3 is 1. The number of aromatic nitrogens is 1. The Balaban J connectivity index is 2.24. The summed E-state index contributed by atoms with van der Waals surface area (Å²) in [5.74, 6) is -0.341. The van der Waals surface area contributed by atoms with Crippen LogP contribution >= 0.6 is 0 Å². The number of nitrogens with zero attached hydrogens (tertiary/aromatic N) is 1. The van der Waals surface area contributed by atoms with Gasteiger partial charge in [-0.15, -0.1) is 0 Å². The highest BCUT2D eigenvalue weighted by atomic mass is 16.5. The van der Waals surface area contributed by atoms with E-state index in [1.54, 1.807) is 26.1 Å². The summed E-state index contributed by atoms with van der Waals surface area (Å²) >= 11 is 0. The van der Waals surface area contributed by atoms with Crippen molar-refractivity contribution < 1.29 is 23.5 Å². The molecule has 0 aliphatic heterocycles. The SMILES string of the molecule is COC(=O)c1c(CC(=O)N(C)Cc2ccco2)[nH]c(C(C)=O)c1C. The van der Waals surface area contributed by atoms with Crippen LogP contribution in [0.2, 0.25) is 0 Å². The van der Waals surface area contributed by atoms with E-state index in [2.05, 4.69) is 4.98 Å². The molecule has 7 nitrogen and oxygen atoms in total. The predicted octanol–water partition coefficient (Wildman–Crippen LogP) is 2.11. The normalized spacial score (nSPS) is 10.5. The second kappa shape index (κ2) is 7.16. The minimum atomic E-state index is -0.576. The van der Waals surface area contributed by atoms with E-state index in [0.29, 0.717) is 29.3 Å². The van der Waals surface area contributed by atoms with Crippen molar-refractivity contribution >= 4 is 17.7 Å². The number of ether oxygens (including phenoxy) is 1. The summed E-state index contributed by atoms with van der Waals surface area (Å²) in [6.45, 7) is 3.37. The first kappa shape index (κ1) is 17.5. The minimum Gasteiger partial charge on any atom is -0.467 e. The lowest BCUT2D eigenvalue weighted by atomic mass is 10.1. The predicted molar refractivity (Wildman–Crippen MR) is 85.8 cm³/mol. The van der Waals surface area contributed by atoms with E-state index < -0.39 is 5.97 Å². The van der Waals surface area contributed by atoms with Crippen molar-refractivity contribution in [2.45, 2.75) is 26.8 Å². The lowest BCUT2D eigenvalue weighted by Crippen LogP contribution is -2.28. The van der Waals surface area contributed by atoms with Gasteiger partial charge in [0, 0.05) is 19.7 Å². The third-order valence-corrected chi connectivity index (χ3v) is 3.80. The van der Waals surface area contributed by atoms with Crippen LogP contribution in [0.1, 0.15) is 44.8 Å². The number of furan rings is 1. The van der Waals surface area contributed by atoms with Crippen LogP contribution in [0.15, 0.2) is 22.8 Å². The van der Waals surface area contributed by atoms with Gasteiger partial charge in [-0.1, -0.05) is 0 Å². The van der Waals surface area contributed by atoms with Gasteiger partial charge < -0.3 is 19.0 Å². The molecule has 0 spiro atoms. The van der Waals surface area contributed by atoms with E-state index in [0.717, 1.165) is 0 Å². The molecule has 0 atom stereocenters. The highest BCUT2D eigenvalue weighted by Crippen LogP contribution is 2.21. The Morgan fingerprint density at radius 3 is 2.58 bits per heavy atom. The van der Waals surface area contributed by atoms with Crippen molar-refractivity contribution in [3.05, 3.63) is 46.7 Å². The molecule has 2 aromatic heterocycles. The number of ketones is 1. The summed E-state index contributed by atoms with van der Waals surface area (Å²) < 4.78 is 9.99. The van der Waals surface area contributed by atoms with E-state index >= 15 is 0 Å². The molecule has 7 heteroatoms. The number of aromatic amines is 1. The molecule has 1 N–H and O–H groups in total. The number of H-pyrrole nitrogens is 1. The van der Waals surface area contributed by atoms with E-state index in [1.807, 2.05) is 0 Å². The van der Waals surface area contributed by atoms with Gasteiger partial charge in [0.25, 0.3) is 0 Å². The average Bonchev–Trinajstić information content (AvgIpc) is 3.14. The summed E-state index contributed by atoms with van der Waals surface area (Å²) in [5, 5.41) is 0. The van der Waals surface area contributed by atoms with E-state index in [4.69, 9.17) is 9.15 Å². The maximum Gasteiger partial charge on any atom is 0.339 e. The van der Waals surface area contributed by atoms with Crippen LogP contribution in [-0.4, -0.2) is 41.7 Å². The largest absolute Gasteiger partial charge is 0.467 e. The third-order valence-electron chi connectivity index (χ3n) is 3.80. The Kier molecular flexibility index (Phi) is 5.23. The van der Waals surface area contributed by atoms with Gasteiger partial charge in [0.2, 0.25) is 5.91 Å². The van der Waals surface area contributed by atoms with Crippen LogP contribution in [0.5, 0.6) is 0 Å². The molecule has 0 saturated heterocycles. The molecule has 0 radical (unpaired) electrons. The standard InChI is InChI=1S/C17H20N2O5/c1-10-15(17(22)23-4)13(18-16(10)11(2)20)8-14(21)19(3)9-12-6-5-7-24-12/h5-7,18H,8-9H2,1-4H3. The zero-order chi connectivity index (χ0) is 17.9. The summed E-state index contributed by atoms with van der Waals surface area (Å²) in [7, 11) is 2.90. The molecular formula is C17H20N2O5. The Morgan fingerprint density at radius 2 is 2.04 bits per heavy atom. The van der Waals surface area contributed by atoms with Crippen LogP contribution in [0, 0.1) is 6.92 Å². The number of carbonyl (C=O) groups is 3. The second-order valence-corrected chi connectivity index (χ2v) is 5.53. The van der Waals surface area contributed by atoms with E-state index in [1.165, 1.54) is 25.2 Å². The number of likely N-dealkylation sites (N-methyl/N-ethyl adjacent to an activating group) is 1. The van der Waals surface area contributed by atoms with Crippen molar-refractivity contribution in [1.82, 2.24) is 9.88 Å². The van der Waals surface area contributed by atoms with Crippen LogP contribution in [-0.2, 0) is 22.5 Å². The van der Waals surface area contributed by atoms with Gasteiger partial charge in [0.15, 0.2) is 5.78 Å². The minimum absolute atomic E-state index is 0.0459. The Labute approximate surface area is 139 Å². The van der Waals surface area contributed by atoms with Gasteiger partial charge in [-0.3, -0.25) is 9.59 Å². The zero-order valence-corrected chi connectivity index (χ0v) is 14.1. The molecule has 2 rings (SSSR count). The number of Topliss-reactive ketones (excluding diaryl/α,β-unsaturated/α-hetero) is 1. The first-order valence-electron chi connectivity index (χ1n) is 7.42. The summed E-state index contributed by atoms with van der Waals surface area (Å²) in [4.78, 5) is 40.5. The lowest BCUT2D eigenvalue weighted by Gasteiger charge is -2.15. The molecule has 0 aliphatic carbocycles. The molecule has 2 aromatic rings. The summed E-state index contributed by atoms with van der Waals surface area (Å²) in [5.41, 5.74) is 1.42. The van der Waals surface area contributed by atoms with Crippen LogP contribution in [0.25, 0.3) is 0 Å². The maximum atomic E-state index is 12.4. The molecule has 0 saturated carbocycles. The van der Waals surface area contributed by atoms with Gasteiger partial charge in [-0.2, -0.15) is 0 Å². The fourth-order valence-electron chi connectivity index (χ4n) is 2.53. The third kappa shape index (κ3) is 3.56. The number of rotatable bonds is 6. The zero-order valence-electron chi connectivity index (χ0n) is 14.1. The number of amides is 1. The molecule has 128 valence electrons. The van der Waals surface area contributed by atoms with E-state index in [9.17, 15) is 14.4 Å². The van der Waals surface area contributed by atoms with Crippen molar-refractivity contribution in [3.8, 4) is 0 Å². The molecule has 24 heavy (non-hydrogen) atoms. The quantitative estimate of drug-likeness (QED) is 0.646. The molecule has 1 amide bonds. The summed E-state index contributed by atoms with van der Waals surface area (Å²) in [6, 6.07) is 3.52. The Morgan fingerprint density at radius 1 is 1.33 bits per heavy atom. The number of nitrogens with one attached hydrogen (secondary N) is 1. The van der Waals surface area contributed by atoms with Crippen molar-refractivity contribution in [1.29, 1.82) is 0 Å². The van der Waals surface area contributed by atoms with Crippen molar-refractivity contribution in [3.63, 3.8) is 0 Å².